The number of aromatic nitrogens is 2. The molecule has 0 bridgehead atoms. The van der Waals surface area contributed by atoms with Gasteiger partial charge in [-0.15, -0.1) is 0 Å². The zero-order chi connectivity index (χ0) is 21.6. The smallest absolute Gasteiger partial charge is 0.357 e. The maximum absolute atomic E-state index is 13.7. The van der Waals surface area contributed by atoms with Gasteiger partial charge in [0, 0.05) is 5.56 Å². The van der Waals surface area contributed by atoms with Gasteiger partial charge in [0.25, 0.3) is 5.91 Å². The summed E-state index contributed by atoms with van der Waals surface area (Å²) >= 11 is 0. The standard InChI is InChI=1S/C24H18FN3O3/c25-19-13-7-8-14-20(19)26-23(29)16-31-24(30)22-15-21(17-9-3-1-4-10-17)27-28(22)18-11-5-2-6-12-18/h1-15H,16H2,(H,26,29). The fourth-order valence-electron chi connectivity index (χ4n) is 3.00. The fraction of sp³-hybridized carbons (Fsp3) is 0.0417. The lowest BCUT2D eigenvalue weighted by molar-refractivity contribution is -0.119. The lowest BCUT2D eigenvalue weighted by Gasteiger charge is -2.09. The van der Waals surface area contributed by atoms with Gasteiger partial charge in [-0.1, -0.05) is 60.7 Å². The molecule has 1 amide bonds. The number of ether oxygens (including phenoxy) is 1. The van der Waals surface area contributed by atoms with Gasteiger partial charge in [-0.05, 0) is 30.3 Å². The van der Waals surface area contributed by atoms with E-state index < -0.39 is 24.3 Å². The predicted octanol–water partition coefficient (Wildman–Crippen LogP) is 4.47. The number of amides is 1. The van der Waals surface area contributed by atoms with Gasteiger partial charge in [0.1, 0.15) is 5.82 Å². The first kappa shape index (κ1) is 20.0. The highest BCUT2D eigenvalue weighted by molar-refractivity contribution is 5.95. The van der Waals surface area contributed by atoms with Gasteiger partial charge in [0.15, 0.2) is 12.3 Å². The number of nitrogens with one attached hydrogen (secondary N) is 1. The Hall–Kier alpha value is -4.26. The molecule has 1 aromatic heterocycles. The van der Waals surface area contributed by atoms with Crippen LogP contribution in [0.3, 0.4) is 0 Å². The van der Waals surface area contributed by atoms with Gasteiger partial charge in [-0.3, -0.25) is 4.79 Å². The second kappa shape index (κ2) is 9.04. The number of esters is 1. The van der Waals surface area contributed by atoms with Crippen LogP contribution in [0.15, 0.2) is 91.0 Å². The molecule has 0 spiro atoms. The van der Waals surface area contributed by atoms with Crippen molar-refractivity contribution in [2.45, 2.75) is 0 Å². The average molecular weight is 415 g/mol. The Labute approximate surface area is 177 Å². The Morgan fingerprint density at radius 2 is 1.55 bits per heavy atom. The maximum Gasteiger partial charge on any atom is 0.357 e. The van der Waals surface area contributed by atoms with Gasteiger partial charge in [0.2, 0.25) is 0 Å². The van der Waals surface area contributed by atoms with Gasteiger partial charge in [-0.25, -0.2) is 13.9 Å². The third-order valence-electron chi connectivity index (χ3n) is 4.47. The van der Waals surface area contributed by atoms with Crippen molar-refractivity contribution in [3.05, 3.63) is 103 Å². The van der Waals surface area contributed by atoms with E-state index in [0.29, 0.717) is 11.4 Å². The van der Waals surface area contributed by atoms with E-state index in [1.54, 1.807) is 12.1 Å². The number of halogens is 1. The van der Waals surface area contributed by atoms with E-state index in [1.165, 1.54) is 22.9 Å². The highest BCUT2D eigenvalue weighted by atomic mass is 19.1. The van der Waals surface area contributed by atoms with Crippen molar-refractivity contribution in [3.63, 3.8) is 0 Å². The number of carbonyl (C=O) groups excluding carboxylic acids is 2. The normalized spacial score (nSPS) is 10.5. The summed E-state index contributed by atoms with van der Waals surface area (Å²) in [5.41, 5.74) is 2.29. The molecule has 1 N–H and O–H groups in total. The highest BCUT2D eigenvalue weighted by Crippen LogP contribution is 2.22. The molecule has 6 nitrogen and oxygen atoms in total. The van der Waals surface area contributed by atoms with Crippen LogP contribution >= 0.6 is 0 Å². The largest absolute Gasteiger partial charge is 0.451 e. The fourth-order valence-corrected chi connectivity index (χ4v) is 3.00. The number of para-hydroxylation sites is 2. The van der Waals surface area contributed by atoms with E-state index in [2.05, 4.69) is 10.4 Å². The Morgan fingerprint density at radius 3 is 2.26 bits per heavy atom. The van der Waals surface area contributed by atoms with Crippen LogP contribution in [-0.4, -0.2) is 28.3 Å². The molecular formula is C24H18FN3O3. The Morgan fingerprint density at radius 1 is 0.903 bits per heavy atom. The number of benzene rings is 3. The SMILES string of the molecule is O=C(COC(=O)c1cc(-c2ccccc2)nn1-c1ccccc1)Nc1ccccc1F. The second-order valence-electron chi connectivity index (χ2n) is 6.63. The highest BCUT2D eigenvalue weighted by Gasteiger charge is 2.20. The van der Waals surface area contributed by atoms with Crippen LogP contribution in [0, 0.1) is 5.82 Å². The van der Waals surface area contributed by atoms with Crippen molar-refractivity contribution in [2.75, 3.05) is 11.9 Å². The molecule has 1 heterocycles. The van der Waals surface area contributed by atoms with E-state index in [1.807, 2.05) is 60.7 Å². The van der Waals surface area contributed by atoms with Crippen LogP contribution in [0.5, 0.6) is 0 Å². The van der Waals surface area contributed by atoms with E-state index in [0.717, 1.165) is 5.56 Å². The lowest BCUT2D eigenvalue weighted by Crippen LogP contribution is -2.22. The van der Waals surface area contributed by atoms with Crippen LogP contribution in [0.2, 0.25) is 0 Å². The molecule has 0 unspecified atom stereocenters. The minimum absolute atomic E-state index is 0.0178. The number of hydrogen-bond donors (Lipinski definition) is 1. The summed E-state index contributed by atoms with van der Waals surface area (Å²) in [7, 11) is 0. The molecule has 0 aliphatic carbocycles. The number of nitrogens with zero attached hydrogens (tertiary/aromatic N) is 2. The first-order chi connectivity index (χ1) is 15.1. The molecule has 4 rings (SSSR count). The quantitative estimate of drug-likeness (QED) is 0.472. The van der Waals surface area contributed by atoms with Gasteiger partial charge in [-0.2, -0.15) is 5.10 Å². The molecule has 0 saturated heterocycles. The first-order valence-electron chi connectivity index (χ1n) is 9.54. The topological polar surface area (TPSA) is 73.2 Å². The number of rotatable bonds is 6. The zero-order valence-electron chi connectivity index (χ0n) is 16.4. The number of hydrogen-bond acceptors (Lipinski definition) is 4. The predicted molar refractivity (Wildman–Crippen MR) is 114 cm³/mol. The van der Waals surface area contributed by atoms with Crippen molar-refractivity contribution in [1.29, 1.82) is 0 Å². The molecule has 4 aromatic rings. The first-order valence-corrected chi connectivity index (χ1v) is 9.54. The molecule has 0 radical (unpaired) electrons. The molecule has 3 aromatic carbocycles. The minimum Gasteiger partial charge on any atom is -0.451 e. The summed E-state index contributed by atoms with van der Waals surface area (Å²) in [5.74, 6) is -1.94. The molecule has 0 atom stereocenters. The molecule has 31 heavy (non-hydrogen) atoms. The molecular weight excluding hydrogens is 397 g/mol. The number of anilines is 1. The van der Waals surface area contributed by atoms with Crippen LogP contribution < -0.4 is 5.32 Å². The minimum atomic E-state index is -0.720. The van der Waals surface area contributed by atoms with Crippen molar-refractivity contribution in [2.24, 2.45) is 0 Å². The van der Waals surface area contributed by atoms with Crippen molar-refractivity contribution < 1.29 is 18.7 Å². The third kappa shape index (κ3) is 4.67. The van der Waals surface area contributed by atoms with Crippen molar-refractivity contribution in [3.8, 4) is 16.9 Å². The molecule has 0 aliphatic heterocycles. The Bertz CT molecular complexity index is 1210. The average Bonchev–Trinajstić information content (AvgIpc) is 3.26. The van der Waals surface area contributed by atoms with E-state index in [-0.39, 0.29) is 11.4 Å². The lowest BCUT2D eigenvalue weighted by atomic mass is 10.1. The van der Waals surface area contributed by atoms with Gasteiger partial charge >= 0.3 is 5.97 Å². The molecule has 154 valence electrons. The van der Waals surface area contributed by atoms with Crippen LogP contribution in [0.25, 0.3) is 16.9 Å². The van der Waals surface area contributed by atoms with E-state index >= 15 is 0 Å². The summed E-state index contributed by atoms with van der Waals surface area (Å²) in [6.45, 7) is -0.562. The van der Waals surface area contributed by atoms with Crippen molar-refractivity contribution in [1.82, 2.24) is 9.78 Å². The van der Waals surface area contributed by atoms with Gasteiger partial charge in [0.05, 0.1) is 17.1 Å². The summed E-state index contributed by atoms with van der Waals surface area (Å²) < 4.78 is 20.3. The van der Waals surface area contributed by atoms with E-state index in [9.17, 15) is 14.0 Å². The van der Waals surface area contributed by atoms with E-state index in [4.69, 9.17) is 4.74 Å². The van der Waals surface area contributed by atoms with Crippen molar-refractivity contribution >= 4 is 17.6 Å². The number of carbonyl (C=O) groups is 2. The summed E-state index contributed by atoms with van der Waals surface area (Å²) in [4.78, 5) is 24.9. The van der Waals surface area contributed by atoms with Crippen LogP contribution in [-0.2, 0) is 9.53 Å². The second-order valence-corrected chi connectivity index (χ2v) is 6.63. The molecule has 7 heteroatoms. The monoisotopic (exact) mass is 415 g/mol. The van der Waals surface area contributed by atoms with Gasteiger partial charge < -0.3 is 10.1 Å². The van der Waals surface area contributed by atoms with Crippen LogP contribution in [0.4, 0.5) is 10.1 Å². The summed E-state index contributed by atoms with van der Waals surface area (Å²) in [6.07, 6.45) is 0. The third-order valence-corrected chi connectivity index (χ3v) is 4.47. The molecule has 0 fully saturated rings. The maximum atomic E-state index is 13.7. The Balaban J connectivity index is 1.55. The van der Waals surface area contributed by atoms with Crippen LogP contribution in [0.1, 0.15) is 10.5 Å². The summed E-state index contributed by atoms with van der Waals surface area (Å²) in [6, 6.07) is 25.9. The Kier molecular flexibility index (Phi) is 5.84. The zero-order valence-corrected chi connectivity index (χ0v) is 16.4. The molecule has 0 saturated carbocycles. The summed E-state index contributed by atoms with van der Waals surface area (Å²) in [5, 5.41) is 6.92. The molecule has 0 aliphatic rings.